The molecule has 0 aliphatic carbocycles. The second-order valence-corrected chi connectivity index (χ2v) is 4.38. The lowest BCUT2D eigenvalue weighted by Crippen LogP contribution is -2.58. The first-order chi connectivity index (χ1) is 9.15. The third-order valence-corrected chi connectivity index (χ3v) is 3.08. The van der Waals surface area contributed by atoms with Crippen LogP contribution in [0.1, 0.15) is 5.69 Å². The molecule has 2 rings (SSSR count). The summed E-state index contributed by atoms with van der Waals surface area (Å²) in [4.78, 5) is 22.5. The van der Waals surface area contributed by atoms with Gasteiger partial charge in [0.2, 0.25) is 17.7 Å². The van der Waals surface area contributed by atoms with E-state index in [2.05, 4.69) is 20.6 Å². The van der Waals surface area contributed by atoms with Crippen LogP contribution >= 0.6 is 0 Å². The summed E-state index contributed by atoms with van der Waals surface area (Å²) in [6.45, 7) is 3.95. The van der Waals surface area contributed by atoms with Crippen LogP contribution in [-0.4, -0.2) is 55.7 Å². The number of carbonyl (C=O) groups excluding carboxylic acids is 1. The molecule has 1 atom stereocenters. The van der Waals surface area contributed by atoms with E-state index in [0.29, 0.717) is 24.9 Å². The average Bonchev–Trinajstić information content (AvgIpc) is 2.45. The molecule has 1 aromatic rings. The maximum absolute atomic E-state index is 11.9. The van der Waals surface area contributed by atoms with Gasteiger partial charge in [-0.2, -0.15) is 4.98 Å². The van der Waals surface area contributed by atoms with Gasteiger partial charge in [0, 0.05) is 38.4 Å². The van der Waals surface area contributed by atoms with E-state index in [1.165, 1.54) is 0 Å². The number of hydrogen-bond acceptors (Lipinski definition) is 6. The zero-order valence-corrected chi connectivity index (χ0v) is 11.4. The summed E-state index contributed by atoms with van der Waals surface area (Å²) in [5, 5.41) is 5.87. The molecule has 19 heavy (non-hydrogen) atoms. The molecule has 104 valence electrons. The summed E-state index contributed by atoms with van der Waals surface area (Å²) in [7, 11) is 3.20. The van der Waals surface area contributed by atoms with Gasteiger partial charge in [-0.15, -0.1) is 0 Å². The minimum absolute atomic E-state index is 0.0451. The summed E-state index contributed by atoms with van der Waals surface area (Å²) < 4.78 is 5.15. The van der Waals surface area contributed by atoms with Gasteiger partial charge in [0.1, 0.15) is 6.04 Å². The molecule has 2 N–H and O–H groups in total. The fourth-order valence-electron chi connectivity index (χ4n) is 2.10. The number of amides is 1. The highest BCUT2D eigenvalue weighted by Gasteiger charge is 2.30. The van der Waals surface area contributed by atoms with Gasteiger partial charge in [0.05, 0.1) is 7.11 Å². The average molecular weight is 265 g/mol. The number of aromatic nitrogens is 2. The lowest BCUT2D eigenvalue weighted by atomic mass is 10.2. The number of nitrogens with one attached hydrogen (secondary N) is 2. The molecule has 7 heteroatoms. The van der Waals surface area contributed by atoms with Crippen molar-refractivity contribution in [1.29, 1.82) is 0 Å². The van der Waals surface area contributed by atoms with Crippen LogP contribution in [0.4, 0.5) is 5.95 Å². The van der Waals surface area contributed by atoms with Crippen molar-refractivity contribution in [3.63, 3.8) is 0 Å². The van der Waals surface area contributed by atoms with Crippen molar-refractivity contribution < 1.29 is 9.53 Å². The number of rotatable bonds is 3. The smallest absolute Gasteiger partial charge is 0.243 e. The van der Waals surface area contributed by atoms with E-state index in [4.69, 9.17) is 4.74 Å². The molecule has 0 bridgehead atoms. The summed E-state index contributed by atoms with van der Waals surface area (Å²) in [5.41, 5.74) is 0.816. The van der Waals surface area contributed by atoms with Crippen LogP contribution in [0.3, 0.4) is 0 Å². The molecule has 0 radical (unpaired) electrons. The molecular weight excluding hydrogens is 246 g/mol. The standard InChI is InChI=1S/C12H19N5O2/c1-8-6-10(19-3)16-12(15-8)17-5-4-14-7-9(17)11(18)13-2/h6,9,14H,4-5,7H2,1-3H3,(H,13,18). The number of carbonyl (C=O) groups is 1. The van der Waals surface area contributed by atoms with Crippen LogP contribution in [0.2, 0.25) is 0 Å². The molecule has 1 aromatic heterocycles. The lowest BCUT2D eigenvalue weighted by Gasteiger charge is -2.35. The topological polar surface area (TPSA) is 79.4 Å². The fraction of sp³-hybridized carbons (Fsp3) is 0.583. The van der Waals surface area contributed by atoms with Crippen molar-refractivity contribution in [2.75, 3.05) is 38.7 Å². The van der Waals surface area contributed by atoms with Crippen LogP contribution in [0.25, 0.3) is 0 Å². The van der Waals surface area contributed by atoms with E-state index < -0.39 is 0 Å². The van der Waals surface area contributed by atoms with Crippen molar-refractivity contribution in [2.45, 2.75) is 13.0 Å². The SMILES string of the molecule is CNC(=O)C1CNCCN1c1nc(C)cc(OC)n1. The predicted octanol–water partition coefficient (Wildman–Crippen LogP) is -0.682. The van der Waals surface area contributed by atoms with Gasteiger partial charge in [0.25, 0.3) is 0 Å². The summed E-state index contributed by atoms with van der Waals surface area (Å²) in [5.74, 6) is 1.000. The number of nitrogens with zero attached hydrogens (tertiary/aromatic N) is 3. The molecule has 7 nitrogen and oxygen atoms in total. The minimum Gasteiger partial charge on any atom is -0.481 e. The third kappa shape index (κ3) is 2.93. The van der Waals surface area contributed by atoms with Gasteiger partial charge >= 0.3 is 0 Å². The Kier molecular flexibility index (Phi) is 4.16. The second kappa shape index (κ2) is 5.83. The maximum atomic E-state index is 11.9. The molecule has 1 saturated heterocycles. The highest BCUT2D eigenvalue weighted by Crippen LogP contribution is 2.18. The summed E-state index contributed by atoms with van der Waals surface area (Å²) in [6, 6.07) is 1.46. The Bertz CT molecular complexity index is 465. The number of aryl methyl sites for hydroxylation is 1. The van der Waals surface area contributed by atoms with E-state index in [1.807, 2.05) is 11.8 Å². The summed E-state index contributed by atoms with van der Waals surface area (Å²) >= 11 is 0. The molecule has 1 aliphatic heterocycles. The van der Waals surface area contributed by atoms with Gasteiger partial charge in [-0.05, 0) is 6.92 Å². The molecule has 1 fully saturated rings. The largest absolute Gasteiger partial charge is 0.481 e. The molecule has 0 aromatic carbocycles. The monoisotopic (exact) mass is 265 g/mol. The molecular formula is C12H19N5O2. The highest BCUT2D eigenvalue weighted by molar-refractivity contribution is 5.85. The first-order valence-electron chi connectivity index (χ1n) is 6.24. The van der Waals surface area contributed by atoms with E-state index in [0.717, 1.165) is 12.2 Å². The first-order valence-corrected chi connectivity index (χ1v) is 6.24. The van der Waals surface area contributed by atoms with E-state index in [1.54, 1.807) is 20.2 Å². The fourth-order valence-corrected chi connectivity index (χ4v) is 2.10. The normalized spacial score (nSPS) is 19.1. The van der Waals surface area contributed by atoms with Gasteiger partial charge in [0.15, 0.2) is 0 Å². The van der Waals surface area contributed by atoms with Crippen molar-refractivity contribution in [2.24, 2.45) is 0 Å². The van der Waals surface area contributed by atoms with E-state index >= 15 is 0 Å². The number of ether oxygens (including phenoxy) is 1. The Morgan fingerprint density at radius 2 is 2.37 bits per heavy atom. The second-order valence-electron chi connectivity index (χ2n) is 4.38. The number of anilines is 1. The Morgan fingerprint density at radius 3 is 3.05 bits per heavy atom. The van der Waals surface area contributed by atoms with Gasteiger partial charge < -0.3 is 20.3 Å². The maximum Gasteiger partial charge on any atom is 0.243 e. The van der Waals surface area contributed by atoms with Crippen molar-refractivity contribution in [3.05, 3.63) is 11.8 Å². The quantitative estimate of drug-likeness (QED) is 0.754. The number of piperazine rings is 1. The minimum atomic E-state index is -0.301. The Balaban J connectivity index is 2.31. The first kappa shape index (κ1) is 13.5. The lowest BCUT2D eigenvalue weighted by molar-refractivity contribution is -0.122. The summed E-state index contributed by atoms with van der Waals surface area (Å²) in [6.07, 6.45) is 0. The molecule has 0 spiro atoms. The zero-order valence-electron chi connectivity index (χ0n) is 11.4. The van der Waals surface area contributed by atoms with Crippen LogP contribution in [0.5, 0.6) is 5.88 Å². The molecule has 1 amide bonds. The van der Waals surface area contributed by atoms with Crippen molar-refractivity contribution in [3.8, 4) is 5.88 Å². The Labute approximate surface area is 112 Å². The number of methoxy groups -OCH3 is 1. The van der Waals surface area contributed by atoms with Crippen LogP contribution in [0.15, 0.2) is 6.07 Å². The third-order valence-electron chi connectivity index (χ3n) is 3.08. The Morgan fingerprint density at radius 1 is 1.58 bits per heavy atom. The van der Waals surface area contributed by atoms with Gasteiger partial charge in [-0.1, -0.05) is 0 Å². The van der Waals surface area contributed by atoms with Crippen LogP contribution < -0.4 is 20.3 Å². The molecule has 1 aliphatic rings. The predicted molar refractivity (Wildman–Crippen MR) is 71.4 cm³/mol. The van der Waals surface area contributed by atoms with Crippen LogP contribution in [0, 0.1) is 6.92 Å². The zero-order chi connectivity index (χ0) is 13.8. The van der Waals surface area contributed by atoms with E-state index in [-0.39, 0.29) is 11.9 Å². The Hall–Kier alpha value is -1.89. The van der Waals surface area contributed by atoms with Crippen LogP contribution in [-0.2, 0) is 4.79 Å². The number of likely N-dealkylation sites (N-methyl/N-ethyl adjacent to an activating group) is 1. The van der Waals surface area contributed by atoms with Gasteiger partial charge in [-0.25, -0.2) is 4.98 Å². The van der Waals surface area contributed by atoms with E-state index in [9.17, 15) is 4.79 Å². The van der Waals surface area contributed by atoms with Crippen molar-refractivity contribution in [1.82, 2.24) is 20.6 Å². The van der Waals surface area contributed by atoms with Gasteiger partial charge in [-0.3, -0.25) is 4.79 Å². The molecule has 1 unspecified atom stereocenters. The molecule has 2 heterocycles. The highest BCUT2D eigenvalue weighted by atomic mass is 16.5. The molecule has 0 saturated carbocycles. The number of hydrogen-bond donors (Lipinski definition) is 2. The van der Waals surface area contributed by atoms with Crippen molar-refractivity contribution >= 4 is 11.9 Å².